The van der Waals surface area contributed by atoms with E-state index >= 15 is 0 Å². The Morgan fingerprint density at radius 3 is 2.70 bits per heavy atom. The van der Waals surface area contributed by atoms with Gasteiger partial charge in [-0.3, -0.25) is 4.79 Å². The molecule has 1 heterocycles. The minimum absolute atomic E-state index is 0.00337. The maximum absolute atomic E-state index is 12.0. The van der Waals surface area contributed by atoms with Gasteiger partial charge in [0.1, 0.15) is 0 Å². The van der Waals surface area contributed by atoms with E-state index in [4.69, 9.17) is 10.9 Å². The van der Waals surface area contributed by atoms with Gasteiger partial charge in [-0.25, -0.2) is 0 Å². The lowest BCUT2D eigenvalue weighted by molar-refractivity contribution is -0.123. The molecule has 1 fully saturated rings. The molecule has 1 atom stereocenters. The van der Waals surface area contributed by atoms with Gasteiger partial charge in [0, 0.05) is 6.54 Å². The van der Waals surface area contributed by atoms with Crippen LogP contribution in [-0.4, -0.2) is 48.5 Å². The van der Waals surface area contributed by atoms with Gasteiger partial charge in [-0.2, -0.15) is 0 Å². The first-order valence-electron chi connectivity index (χ1n) is 7.52. The Labute approximate surface area is 121 Å². The van der Waals surface area contributed by atoms with E-state index in [0.717, 1.165) is 25.9 Å². The summed E-state index contributed by atoms with van der Waals surface area (Å²) in [6.45, 7) is 4.93. The van der Waals surface area contributed by atoms with Crippen molar-refractivity contribution < 1.29 is 10.0 Å². The number of likely N-dealkylation sites (tertiary alicyclic amines) is 1. The molecule has 1 unspecified atom stereocenters. The third-order valence-electron chi connectivity index (χ3n) is 4.06. The Morgan fingerprint density at radius 1 is 1.50 bits per heavy atom. The fourth-order valence-corrected chi connectivity index (χ4v) is 2.65. The molecule has 0 radical (unpaired) electrons. The zero-order valence-electron chi connectivity index (χ0n) is 12.6. The van der Waals surface area contributed by atoms with Crippen LogP contribution in [-0.2, 0) is 4.79 Å². The number of oxime groups is 1. The molecule has 0 saturated carbocycles. The van der Waals surface area contributed by atoms with Crippen molar-refractivity contribution in [2.45, 2.75) is 39.0 Å². The number of hydrogen-bond donors (Lipinski definition) is 3. The Bertz CT molecular complexity index is 325. The number of nitrogens with one attached hydrogen (secondary N) is 1. The van der Waals surface area contributed by atoms with Crippen molar-refractivity contribution in [1.29, 1.82) is 0 Å². The lowest BCUT2D eigenvalue weighted by atomic mass is 9.93. The monoisotopic (exact) mass is 284 g/mol. The van der Waals surface area contributed by atoms with Crippen LogP contribution in [0.5, 0.6) is 0 Å². The quantitative estimate of drug-likeness (QED) is 0.281. The third kappa shape index (κ3) is 5.36. The van der Waals surface area contributed by atoms with Crippen molar-refractivity contribution in [3.8, 4) is 0 Å². The molecule has 0 aromatic carbocycles. The van der Waals surface area contributed by atoms with Crippen molar-refractivity contribution in [2.24, 2.45) is 22.7 Å². The highest BCUT2D eigenvalue weighted by molar-refractivity contribution is 6.01. The first-order valence-corrected chi connectivity index (χ1v) is 7.52. The van der Waals surface area contributed by atoms with Crippen molar-refractivity contribution in [3.63, 3.8) is 0 Å². The zero-order valence-corrected chi connectivity index (χ0v) is 12.6. The highest BCUT2D eigenvalue weighted by atomic mass is 16.4. The van der Waals surface area contributed by atoms with E-state index in [2.05, 4.69) is 22.4 Å². The summed E-state index contributed by atoms with van der Waals surface area (Å²) in [6, 6.07) is 0. The Kier molecular flexibility index (Phi) is 7.36. The van der Waals surface area contributed by atoms with Crippen molar-refractivity contribution in [1.82, 2.24) is 10.2 Å². The molecule has 6 heteroatoms. The third-order valence-corrected chi connectivity index (χ3v) is 4.06. The molecule has 1 amide bonds. The van der Waals surface area contributed by atoms with Crippen LogP contribution in [0.3, 0.4) is 0 Å². The topological polar surface area (TPSA) is 91.0 Å². The van der Waals surface area contributed by atoms with Gasteiger partial charge in [0.15, 0.2) is 5.84 Å². The van der Waals surface area contributed by atoms with Gasteiger partial charge in [-0.05, 0) is 51.7 Å². The van der Waals surface area contributed by atoms with E-state index in [9.17, 15) is 4.79 Å². The molecular formula is C14H28N4O2. The average Bonchev–Trinajstić information content (AvgIpc) is 2.46. The lowest BCUT2D eigenvalue weighted by Crippen LogP contribution is -2.40. The van der Waals surface area contributed by atoms with Crippen LogP contribution in [0.4, 0.5) is 0 Å². The number of nitrogens with two attached hydrogens (primary N) is 1. The molecule has 116 valence electrons. The minimum Gasteiger partial charge on any atom is -0.409 e. The standard InChI is InChI=1S/C14H28N4O2/c1-3-4-12(13(15)17-20)14(19)16-8-5-11-6-9-18(2)10-7-11/h11-12,20H,3-10H2,1-2H3,(H2,15,17)(H,16,19). The molecule has 1 aliphatic rings. The van der Waals surface area contributed by atoms with E-state index in [1.165, 1.54) is 12.8 Å². The second kappa shape index (κ2) is 8.79. The van der Waals surface area contributed by atoms with Crippen LogP contribution in [0, 0.1) is 11.8 Å². The Morgan fingerprint density at radius 2 is 2.15 bits per heavy atom. The normalized spacial score (nSPS) is 19.8. The van der Waals surface area contributed by atoms with Gasteiger partial charge in [-0.1, -0.05) is 18.5 Å². The Hall–Kier alpha value is -1.30. The average molecular weight is 284 g/mol. The molecule has 0 aliphatic carbocycles. The summed E-state index contributed by atoms with van der Waals surface area (Å²) in [5.41, 5.74) is 5.57. The molecule has 4 N–H and O–H groups in total. The second-order valence-corrected chi connectivity index (χ2v) is 5.69. The Balaban J connectivity index is 2.30. The summed E-state index contributed by atoms with van der Waals surface area (Å²) in [4.78, 5) is 14.4. The predicted molar refractivity (Wildman–Crippen MR) is 79.7 cm³/mol. The SMILES string of the molecule is CCCC(C(=O)NCCC1CCN(C)CC1)C(N)=NO. The van der Waals surface area contributed by atoms with Crippen molar-refractivity contribution in [2.75, 3.05) is 26.7 Å². The summed E-state index contributed by atoms with van der Waals surface area (Å²) in [5.74, 6) is 0.0567. The van der Waals surface area contributed by atoms with Crippen LogP contribution in [0.25, 0.3) is 0 Å². The smallest absolute Gasteiger partial charge is 0.230 e. The number of piperidine rings is 1. The molecule has 1 rings (SSSR count). The summed E-state index contributed by atoms with van der Waals surface area (Å²) >= 11 is 0. The van der Waals surface area contributed by atoms with Gasteiger partial charge in [0.2, 0.25) is 5.91 Å². The molecular weight excluding hydrogens is 256 g/mol. The molecule has 0 aromatic heterocycles. The molecule has 1 saturated heterocycles. The lowest BCUT2D eigenvalue weighted by Gasteiger charge is -2.29. The highest BCUT2D eigenvalue weighted by Crippen LogP contribution is 2.18. The molecule has 1 aliphatic heterocycles. The van der Waals surface area contributed by atoms with Crippen LogP contribution in [0.2, 0.25) is 0 Å². The van der Waals surface area contributed by atoms with E-state index in [-0.39, 0.29) is 11.7 Å². The molecule has 0 aromatic rings. The fourth-order valence-electron chi connectivity index (χ4n) is 2.65. The maximum Gasteiger partial charge on any atom is 0.230 e. The van der Waals surface area contributed by atoms with Crippen LogP contribution in [0.1, 0.15) is 39.0 Å². The summed E-state index contributed by atoms with van der Waals surface area (Å²) < 4.78 is 0. The number of rotatable bonds is 7. The fraction of sp³-hybridized carbons (Fsp3) is 0.857. The molecule has 0 spiro atoms. The summed E-state index contributed by atoms with van der Waals surface area (Å²) in [5, 5.41) is 14.6. The van der Waals surface area contributed by atoms with Crippen LogP contribution < -0.4 is 11.1 Å². The van der Waals surface area contributed by atoms with Gasteiger partial charge in [-0.15, -0.1) is 0 Å². The van der Waals surface area contributed by atoms with Crippen molar-refractivity contribution in [3.05, 3.63) is 0 Å². The van der Waals surface area contributed by atoms with Crippen molar-refractivity contribution >= 4 is 11.7 Å². The van der Waals surface area contributed by atoms with Gasteiger partial charge in [0.05, 0.1) is 5.92 Å². The summed E-state index contributed by atoms with van der Waals surface area (Å²) in [7, 11) is 2.14. The second-order valence-electron chi connectivity index (χ2n) is 5.69. The van der Waals surface area contributed by atoms with E-state index in [0.29, 0.717) is 18.9 Å². The highest BCUT2D eigenvalue weighted by Gasteiger charge is 2.22. The maximum atomic E-state index is 12.0. The van der Waals surface area contributed by atoms with E-state index in [1.54, 1.807) is 0 Å². The molecule has 20 heavy (non-hydrogen) atoms. The number of carbonyl (C=O) groups is 1. The van der Waals surface area contributed by atoms with Gasteiger partial charge >= 0.3 is 0 Å². The van der Waals surface area contributed by atoms with Crippen LogP contribution in [0.15, 0.2) is 5.16 Å². The van der Waals surface area contributed by atoms with Gasteiger partial charge < -0.3 is 21.2 Å². The van der Waals surface area contributed by atoms with E-state index < -0.39 is 5.92 Å². The number of hydrogen-bond acceptors (Lipinski definition) is 4. The molecule has 6 nitrogen and oxygen atoms in total. The predicted octanol–water partition coefficient (Wildman–Crippen LogP) is 0.997. The number of amides is 1. The summed E-state index contributed by atoms with van der Waals surface area (Å²) in [6.07, 6.45) is 4.84. The zero-order chi connectivity index (χ0) is 15.0. The van der Waals surface area contributed by atoms with Crippen LogP contribution >= 0.6 is 0 Å². The first kappa shape index (κ1) is 16.8. The first-order chi connectivity index (χ1) is 9.58. The molecule has 0 bridgehead atoms. The number of nitrogens with zero attached hydrogens (tertiary/aromatic N) is 2. The largest absolute Gasteiger partial charge is 0.409 e. The number of amidine groups is 1. The minimum atomic E-state index is -0.512. The number of carbonyl (C=O) groups excluding carboxylic acids is 1. The van der Waals surface area contributed by atoms with E-state index in [1.807, 2.05) is 6.92 Å². The van der Waals surface area contributed by atoms with Gasteiger partial charge in [0.25, 0.3) is 0 Å².